The molecule has 1 fully saturated rings. The van der Waals surface area contributed by atoms with Crippen LogP contribution in [0.1, 0.15) is 64.1 Å². The Kier molecular flexibility index (Phi) is 4.22. The number of carbonyl (C=O) groups excluding carboxylic acids is 1. The van der Waals surface area contributed by atoms with Gasteiger partial charge in [-0.15, -0.1) is 0 Å². The molecule has 1 aliphatic carbocycles. The molecule has 1 saturated carbocycles. The Morgan fingerprint density at radius 3 is 2.74 bits per heavy atom. The molecule has 1 aromatic heterocycles. The molecule has 5 heteroatoms. The minimum Gasteiger partial charge on any atom is -0.465 e. The zero-order valence-corrected chi connectivity index (χ0v) is 12.0. The van der Waals surface area contributed by atoms with Crippen molar-refractivity contribution in [1.82, 2.24) is 10.1 Å². The maximum absolute atomic E-state index is 12.0. The van der Waals surface area contributed by atoms with Gasteiger partial charge in [-0.2, -0.15) is 4.98 Å². The molecule has 0 spiro atoms. The molecule has 1 aromatic rings. The fourth-order valence-corrected chi connectivity index (χ4v) is 2.23. The molecule has 0 N–H and O–H groups in total. The molecular formula is C14H22N2O3. The highest BCUT2D eigenvalue weighted by Crippen LogP contribution is 2.45. The topological polar surface area (TPSA) is 65.2 Å². The van der Waals surface area contributed by atoms with Gasteiger partial charge >= 0.3 is 5.97 Å². The van der Waals surface area contributed by atoms with Crippen LogP contribution in [0.25, 0.3) is 0 Å². The van der Waals surface area contributed by atoms with Crippen LogP contribution in [-0.2, 0) is 9.53 Å². The lowest BCUT2D eigenvalue weighted by atomic mass is 9.97. The predicted octanol–water partition coefficient (Wildman–Crippen LogP) is 2.89. The quantitative estimate of drug-likeness (QED) is 0.741. The molecule has 1 heterocycles. The van der Waals surface area contributed by atoms with Crippen molar-refractivity contribution in [2.75, 3.05) is 6.61 Å². The predicted molar refractivity (Wildman–Crippen MR) is 69.6 cm³/mol. The third kappa shape index (κ3) is 3.33. The van der Waals surface area contributed by atoms with Crippen molar-refractivity contribution < 1.29 is 14.1 Å². The first kappa shape index (κ1) is 14.0. The van der Waals surface area contributed by atoms with Crippen LogP contribution in [0.15, 0.2) is 4.52 Å². The molecule has 0 amide bonds. The Hall–Kier alpha value is -1.39. The number of rotatable bonds is 6. The lowest BCUT2D eigenvalue weighted by Crippen LogP contribution is -2.18. The minimum absolute atomic E-state index is 0.268. The van der Waals surface area contributed by atoms with Crippen LogP contribution in [0, 0.1) is 11.8 Å². The van der Waals surface area contributed by atoms with Crippen molar-refractivity contribution in [2.24, 2.45) is 11.8 Å². The van der Waals surface area contributed by atoms with E-state index in [0.717, 1.165) is 12.2 Å². The van der Waals surface area contributed by atoms with Gasteiger partial charge in [-0.05, 0) is 31.6 Å². The summed E-state index contributed by atoms with van der Waals surface area (Å²) in [5, 5.41) is 4.01. The summed E-state index contributed by atoms with van der Waals surface area (Å²) in [5.41, 5.74) is 0. The number of nitrogens with zero attached hydrogens (tertiary/aromatic N) is 2. The first-order valence-corrected chi connectivity index (χ1v) is 7.03. The first-order chi connectivity index (χ1) is 9.02. The van der Waals surface area contributed by atoms with E-state index < -0.39 is 5.92 Å². The average molecular weight is 266 g/mol. The average Bonchev–Trinajstić information content (AvgIpc) is 2.90. The van der Waals surface area contributed by atoms with Gasteiger partial charge in [-0.3, -0.25) is 4.79 Å². The number of hydrogen-bond donors (Lipinski definition) is 0. The minimum atomic E-state index is -0.435. The maximum atomic E-state index is 12.0. The van der Waals surface area contributed by atoms with Gasteiger partial charge < -0.3 is 9.26 Å². The Bertz CT molecular complexity index is 442. The van der Waals surface area contributed by atoms with Crippen molar-refractivity contribution in [3.63, 3.8) is 0 Å². The summed E-state index contributed by atoms with van der Waals surface area (Å²) in [6, 6.07) is 0. The van der Waals surface area contributed by atoms with Crippen LogP contribution in [0.4, 0.5) is 0 Å². The van der Waals surface area contributed by atoms with Crippen molar-refractivity contribution in [3.05, 3.63) is 11.7 Å². The molecule has 0 bridgehead atoms. The lowest BCUT2D eigenvalue weighted by Gasteiger charge is -2.13. The van der Waals surface area contributed by atoms with Gasteiger partial charge in [0.1, 0.15) is 5.92 Å². The van der Waals surface area contributed by atoms with E-state index in [4.69, 9.17) is 9.26 Å². The van der Waals surface area contributed by atoms with Crippen LogP contribution in [0.2, 0.25) is 0 Å². The van der Waals surface area contributed by atoms with Crippen LogP contribution >= 0.6 is 0 Å². The van der Waals surface area contributed by atoms with Gasteiger partial charge in [-0.1, -0.05) is 25.9 Å². The van der Waals surface area contributed by atoms with Crippen molar-refractivity contribution in [2.45, 2.75) is 52.4 Å². The first-order valence-electron chi connectivity index (χ1n) is 7.03. The number of hydrogen-bond acceptors (Lipinski definition) is 5. The standard InChI is InChI=1S/C14H22N2O3/c1-5-18-14(17)11(6-8(2)3)13-15-12(16-19-13)10-7-9(10)4/h8-11H,5-7H2,1-4H3. The summed E-state index contributed by atoms with van der Waals surface area (Å²) in [4.78, 5) is 16.4. The van der Waals surface area contributed by atoms with E-state index in [-0.39, 0.29) is 5.97 Å². The monoisotopic (exact) mass is 266 g/mol. The molecule has 3 atom stereocenters. The molecule has 0 aromatic carbocycles. The van der Waals surface area contributed by atoms with E-state index in [9.17, 15) is 4.79 Å². The fourth-order valence-electron chi connectivity index (χ4n) is 2.23. The second-order valence-electron chi connectivity index (χ2n) is 5.74. The lowest BCUT2D eigenvalue weighted by molar-refractivity contribution is -0.146. The molecule has 1 aliphatic rings. The van der Waals surface area contributed by atoms with E-state index in [1.807, 2.05) is 0 Å². The second kappa shape index (κ2) is 5.72. The third-order valence-corrected chi connectivity index (χ3v) is 3.47. The summed E-state index contributed by atoms with van der Waals surface area (Å²) in [6.45, 7) is 8.46. The van der Waals surface area contributed by atoms with E-state index in [1.165, 1.54) is 0 Å². The normalized spacial score (nSPS) is 23.4. The van der Waals surface area contributed by atoms with E-state index >= 15 is 0 Å². The summed E-state index contributed by atoms with van der Waals surface area (Å²) in [6.07, 6.45) is 1.77. The van der Waals surface area contributed by atoms with Crippen LogP contribution in [0.3, 0.4) is 0 Å². The SMILES string of the molecule is CCOC(=O)C(CC(C)C)c1nc(C2CC2C)no1. The van der Waals surface area contributed by atoms with Gasteiger partial charge in [0.25, 0.3) is 0 Å². The number of esters is 1. The zero-order chi connectivity index (χ0) is 14.0. The molecule has 0 aliphatic heterocycles. The largest absolute Gasteiger partial charge is 0.465 e. The van der Waals surface area contributed by atoms with Gasteiger partial charge in [0, 0.05) is 5.92 Å². The molecule has 0 radical (unpaired) electrons. The van der Waals surface area contributed by atoms with Gasteiger partial charge in [0.05, 0.1) is 6.61 Å². The maximum Gasteiger partial charge on any atom is 0.318 e. The Morgan fingerprint density at radius 1 is 1.53 bits per heavy atom. The van der Waals surface area contributed by atoms with Crippen molar-refractivity contribution in [3.8, 4) is 0 Å². The smallest absolute Gasteiger partial charge is 0.318 e. The van der Waals surface area contributed by atoms with Gasteiger partial charge in [0.2, 0.25) is 5.89 Å². The Labute approximate surface area is 113 Å². The van der Waals surface area contributed by atoms with Crippen molar-refractivity contribution >= 4 is 5.97 Å². The summed E-state index contributed by atoms with van der Waals surface area (Å²) in [5.74, 6) is 1.83. The van der Waals surface area contributed by atoms with Crippen LogP contribution in [-0.4, -0.2) is 22.7 Å². The summed E-state index contributed by atoms with van der Waals surface area (Å²) >= 11 is 0. The fraction of sp³-hybridized carbons (Fsp3) is 0.786. The Balaban J connectivity index is 2.12. The van der Waals surface area contributed by atoms with Crippen LogP contribution < -0.4 is 0 Å². The van der Waals surface area contributed by atoms with E-state index in [1.54, 1.807) is 6.92 Å². The van der Waals surface area contributed by atoms with Crippen molar-refractivity contribution in [1.29, 1.82) is 0 Å². The van der Waals surface area contributed by atoms with E-state index in [0.29, 0.717) is 36.7 Å². The van der Waals surface area contributed by atoms with Gasteiger partial charge in [-0.25, -0.2) is 0 Å². The highest BCUT2D eigenvalue weighted by atomic mass is 16.5. The molecule has 5 nitrogen and oxygen atoms in total. The van der Waals surface area contributed by atoms with E-state index in [2.05, 4.69) is 30.9 Å². The highest BCUT2D eigenvalue weighted by molar-refractivity contribution is 5.76. The van der Waals surface area contributed by atoms with Gasteiger partial charge in [0.15, 0.2) is 5.82 Å². The Morgan fingerprint density at radius 2 is 2.21 bits per heavy atom. The number of aromatic nitrogens is 2. The number of ether oxygens (including phenoxy) is 1. The third-order valence-electron chi connectivity index (χ3n) is 3.47. The summed E-state index contributed by atoms with van der Waals surface area (Å²) < 4.78 is 10.4. The van der Waals surface area contributed by atoms with Crippen LogP contribution in [0.5, 0.6) is 0 Å². The molecular weight excluding hydrogens is 244 g/mol. The molecule has 3 unspecified atom stereocenters. The number of carbonyl (C=O) groups is 1. The molecule has 2 rings (SSSR count). The molecule has 106 valence electrons. The molecule has 19 heavy (non-hydrogen) atoms. The molecule has 0 saturated heterocycles. The highest BCUT2D eigenvalue weighted by Gasteiger charge is 2.39. The second-order valence-corrected chi connectivity index (χ2v) is 5.74. The summed E-state index contributed by atoms with van der Waals surface area (Å²) in [7, 11) is 0. The zero-order valence-electron chi connectivity index (χ0n) is 12.0.